The van der Waals surface area contributed by atoms with E-state index in [0.717, 1.165) is 53.1 Å². The Morgan fingerprint density at radius 1 is 1.29 bits per heavy atom. The maximum Gasteiger partial charge on any atom is 0.267 e. The van der Waals surface area contributed by atoms with Crippen molar-refractivity contribution in [3.63, 3.8) is 0 Å². The Morgan fingerprint density at radius 2 is 2.14 bits per heavy atom. The Labute approximate surface area is 177 Å². The normalized spacial score (nSPS) is 14.9. The number of rotatable bonds is 6. The van der Waals surface area contributed by atoms with Crippen LogP contribution < -0.4 is 5.32 Å². The second-order valence-electron chi connectivity index (χ2n) is 6.69. The van der Waals surface area contributed by atoms with Gasteiger partial charge in [-0.25, -0.2) is 4.98 Å². The Hall–Kier alpha value is -1.67. The number of hydrogen-bond acceptors (Lipinski definition) is 6. The van der Waals surface area contributed by atoms with Crippen LogP contribution in [0.15, 0.2) is 41.8 Å². The number of thioether (sulfide) groups is 1. The van der Waals surface area contributed by atoms with Gasteiger partial charge in [-0.3, -0.25) is 4.79 Å². The van der Waals surface area contributed by atoms with Gasteiger partial charge in [0.1, 0.15) is 9.88 Å². The van der Waals surface area contributed by atoms with E-state index in [-0.39, 0.29) is 5.91 Å². The fraction of sp³-hybridized carbons (Fsp3) is 0.333. The lowest BCUT2D eigenvalue weighted by atomic mass is 10.2. The second-order valence-corrected chi connectivity index (χ2v) is 9.92. The van der Waals surface area contributed by atoms with Crippen molar-refractivity contribution in [2.75, 3.05) is 18.5 Å². The number of ether oxygens (including phenoxy) is 1. The van der Waals surface area contributed by atoms with E-state index in [4.69, 9.17) is 4.74 Å². The topological polar surface area (TPSA) is 51.2 Å². The first-order valence-electron chi connectivity index (χ1n) is 9.30. The fourth-order valence-corrected chi connectivity index (χ4v) is 5.99. The molecule has 0 spiro atoms. The minimum atomic E-state index is -0.0907. The summed E-state index contributed by atoms with van der Waals surface area (Å²) in [5.74, 6) is 0.864. The zero-order valence-electron chi connectivity index (χ0n) is 15.6. The summed E-state index contributed by atoms with van der Waals surface area (Å²) in [7, 11) is 0. The highest BCUT2D eigenvalue weighted by molar-refractivity contribution is 7.99. The van der Waals surface area contributed by atoms with Crippen molar-refractivity contribution in [3.05, 3.63) is 57.9 Å². The minimum Gasteiger partial charge on any atom is -0.381 e. The second kappa shape index (κ2) is 9.22. The number of nitrogens with zero attached hydrogens (tertiary/aromatic N) is 1. The lowest BCUT2D eigenvalue weighted by Gasteiger charge is -2.21. The van der Waals surface area contributed by atoms with Gasteiger partial charge >= 0.3 is 0 Å². The molecule has 0 saturated carbocycles. The summed E-state index contributed by atoms with van der Waals surface area (Å²) < 4.78 is 5.43. The molecule has 1 amide bonds. The molecule has 1 aliphatic rings. The first-order chi connectivity index (χ1) is 13.7. The van der Waals surface area contributed by atoms with Crippen molar-refractivity contribution < 1.29 is 9.53 Å². The van der Waals surface area contributed by atoms with Crippen molar-refractivity contribution >= 4 is 46.0 Å². The molecule has 4 nitrogen and oxygen atoms in total. The average molecular weight is 431 g/mol. The number of benzene rings is 1. The van der Waals surface area contributed by atoms with Gasteiger partial charge in [-0.05, 0) is 48.9 Å². The van der Waals surface area contributed by atoms with Gasteiger partial charge in [0.25, 0.3) is 5.91 Å². The van der Waals surface area contributed by atoms with E-state index < -0.39 is 0 Å². The molecule has 1 N–H and O–H groups in total. The third-order valence-electron chi connectivity index (χ3n) is 4.57. The molecule has 1 saturated heterocycles. The predicted molar refractivity (Wildman–Crippen MR) is 120 cm³/mol. The van der Waals surface area contributed by atoms with Crippen LogP contribution in [0, 0.1) is 6.92 Å². The van der Waals surface area contributed by atoms with Crippen LogP contribution in [0.2, 0.25) is 0 Å². The van der Waals surface area contributed by atoms with Gasteiger partial charge in [0.15, 0.2) is 0 Å². The summed E-state index contributed by atoms with van der Waals surface area (Å²) in [4.78, 5) is 19.1. The van der Waals surface area contributed by atoms with Crippen LogP contribution in [0.4, 0.5) is 5.69 Å². The molecule has 3 aromatic rings. The van der Waals surface area contributed by atoms with E-state index in [1.807, 2.05) is 48.3 Å². The maximum absolute atomic E-state index is 12.8. The van der Waals surface area contributed by atoms with Gasteiger partial charge < -0.3 is 10.1 Å². The van der Waals surface area contributed by atoms with Crippen LogP contribution in [0.1, 0.15) is 33.8 Å². The summed E-state index contributed by atoms with van der Waals surface area (Å²) in [5, 5.41) is 6.64. The summed E-state index contributed by atoms with van der Waals surface area (Å²) >= 11 is 5.07. The van der Waals surface area contributed by atoms with Crippen molar-refractivity contribution in [1.29, 1.82) is 0 Å². The molecule has 0 unspecified atom stereocenters. The molecule has 4 rings (SSSR count). The van der Waals surface area contributed by atoms with Crippen molar-refractivity contribution in [1.82, 2.24) is 4.98 Å². The number of carbonyl (C=O) groups is 1. The van der Waals surface area contributed by atoms with Gasteiger partial charge in [-0.15, -0.1) is 22.7 Å². The Morgan fingerprint density at radius 3 is 2.93 bits per heavy atom. The highest BCUT2D eigenvalue weighted by Gasteiger charge is 2.17. The van der Waals surface area contributed by atoms with Crippen LogP contribution in [0.25, 0.3) is 9.88 Å². The molecule has 1 fully saturated rings. The van der Waals surface area contributed by atoms with Gasteiger partial charge in [0.2, 0.25) is 0 Å². The SMILES string of the molecule is Cc1nc(-c2cccs2)sc1C(=O)Nc1cccc(CSC2CCOCC2)c1. The van der Waals surface area contributed by atoms with Crippen LogP contribution in [-0.4, -0.2) is 29.4 Å². The first kappa shape index (κ1) is 19.6. The van der Waals surface area contributed by atoms with Crippen LogP contribution in [-0.2, 0) is 10.5 Å². The number of hydrogen-bond donors (Lipinski definition) is 1. The molecule has 7 heteroatoms. The molecule has 28 heavy (non-hydrogen) atoms. The number of thiazole rings is 1. The number of nitrogens with one attached hydrogen (secondary N) is 1. The minimum absolute atomic E-state index is 0.0907. The van der Waals surface area contributed by atoms with Gasteiger partial charge in [0, 0.05) is 29.9 Å². The van der Waals surface area contributed by atoms with E-state index in [1.165, 1.54) is 16.9 Å². The lowest BCUT2D eigenvalue weighted by Crippen LogP contribution is -2.17. The van der Waals surface area contributed by atoms with E-state index in [0.29, 0.717) is 10.1 Å². The molecule has 3 heterocycles. The third kappa shape index (κ3) is 4.84. The quantitative estimate of drug-likeness (QED) is 0.533. The Balaban J connectivity index is 1.40. The van der Waals surface area contributed by atoms with Crippen LogP contribution in [0.5, 0.6) is 0 Å². The molecule has 1 aliphatic heterocycles. The van der Waals surface area contributed by atoms with E-state index in [9.17, 15) is 4.79 Å². The maximum atomic E-state index is 12.8. The van der Waals surface area contributed by atoms with Crippen LogP contribution in [0.3, 0.4) is 0 Å². The molecular weight excluding hydrogens is 408 g/mol. The molecule has 1 aromatic carbocycles. The highest BCUT2D eigenvalue weighted by Crippen LogP contribution is 2.32. The number of thiophene rings is 1. The molecule has 0 aliphatic carbocycles. The van der Waals surface area contributed by atoms with E-state index in [1.54, 1.807) is 11.3 Å². The molecule has 0 radical (unpaired) electrons. The summed E-state index contributed by atoms with van der Waals surface area (Å²) in [6.07, 6.45) is 2.25. The number of anilines is 1. The van der Waals surface area contributed by atoms with Crippen molar-refractivity contribution in [2.24, 2.45) is 0 Å². The molecule has 2 aromatic heterocycles. The molecule has 146 valence electrons. The van der Waals surface area contributed by atoms with E-state index >= 15 is 0 Å². The average Bonchev–Trinajstić information content (AvgIpc) is 3.37. The monoisotopic (exact) mass is 430 g/mol. The van der Waals surface area contributed by atoms with Gasteiger partial charge in [-0.2, -0.15) is 11.8 Å². The number of aryl methyl sites for hydroxylation is 1. The van der Waals surface area contributed by atoms with Gasteiger partial charge in [-0.1, -0.05) is 18.2 Å². The Kier molecular flexibility index (Phi) is 6.47. The van der Waals surface area contributed by atoms with E-state index in [2.05, 4.69) is 22.4 Å². The molecule has 0 atom stereocenters. The van der Waals surface area contributed by atoms with Crippen LogP contribution >= 0.6 is 34.4 Å². The number of amides is 1. The summed E-state index contributed by atoms with van der Waals surface area (Å²) in [5.41, 5.74) is 2.84. The first-order valence-corrected chi connectivity index (χ1v) is 12.0. The lowest BCUT2D eigenvalue weighted by molar-refractivity contribution is 0.1000. The fourth-order valence-electron chi connectivity index (χ4n) is 3.10. The smallest absolute Gasteiger partial charge is 0.267 e. The number of aromatic nitrogens is 1. The zero-order chi connectivity index (χ0) is 19.3. The van der Waals surface area contributed by atoms with Crippen molar-refractivity contribution in [2.45, 2.75) is 30.8 Å². The molecular formula is C21H22N2O2S3. The summed E-state index contributed by atoms with van der Waals surface area (Å²) in [6.45, 7) is 3.63. The zero-order valence-corrected chi connectivity index (χ0v) is 18.1. The molecule has 0 bridgehead atoms. The largest absolute Gasteiger partial charge is 0.381 e. The van der Waals surface area contributed by atoms with Gasteiger partial charge in [0.05, 0.1) is 10.6 Å². The van der Waals surface area contributed by atoms with Crippen molar-refractivity contribution in [3.8, 4) is 9.88 Å². The number of carbonyl (C=O) groups excluding carboxylic acids is 1. The predicted octanol–water partition coefficient (Wildman–Crippen LogP) is 5.84. The Bertz CT molecular complexity index is 931. The summed E-state index contributed by atoms with van der Waals surface area (Å²) in [6, 6.07) is 12.2. The highest BCUT2D eigenvalue weighted by atomic mass is 32.2. The standard InChI is InChI=1S/C21H22N2O2S3/c1-14-19(28-21(22-14)18-6-3-11-26-18)20(24)23-16-5-2-4-15(12-16)13-27-17-7-9-25-10-8-17/h2-6,11-12,17H,7-10,13H2,1H3,(H,23,24). The third-order valence-corrected chi connectivity index (χ3v) is 8.21.